The third-order valence-corrected chi connectivity index (χ3v) is 9.12. The van der Waals surface area contributed by atoms with Gasteiger partial charge in [-0.05, 0) is 85.7 Å². The van der Waals surface area contributed by atoms with E-state index in [1.807, 2.05) is 13.0 Å². The second-order valence-electron chi connectivity index (χ2n) is 11.4. The van der Waals surface area contributed by atoms with Gasteiger partial charge in [-0.15, -0.1) is 0 Å². The molecule has 206 valence electrons. The highest BCUT2D eigenvalue weighted by molar-refractivity contribution is 5.38. The quantitative estimate of drug-likeness (QED) is 0.336. The molecule has 0 aromatic carbocycles. The lowest BCUT2D eigenvalue weighted by atomic mass is 9.60. The maximum absolute atomic E-state index is 13.0. The fraction of sp³-hybridized carbons (Fsp3) is 0.778. The van der Waals surface area contributed by atoms with Crippen LogP contribution in [0.2, 0.25) is 0 Å². The highest BCUT2D eigenvalue weighted by Gasteiger charge is 2.69. The van der Waals surface area contributed by atoms with Gasteiger partial charge in [0.1, 0.15) is 0 Å². The molecule has 0 aromatic heterocycles. The van der Waals surface area contributed by atoms with Crippen LogP contribution in [0.5, 0.6) is 0 Å². The minimum absolute atomic E-state index is 0.0770. The minimum atomic E-state index is -5.77. The first-order valence-electron chi connectivity index (χ1n) is 12.8. The second kappa shape index (κ2) is 10.4. The van der Waals surface area contributed by atoms with E-state index in [-0.39, 0.29) is 42.4 Å². The van der Waals surface area contributed by atoms with Gasteiger partial charge in [0.05, 0.1) is 12.2 Å². The molecule has 3 aliphatic carbocycles. The smallest absolute Gasteiger partial charge is 0.393 e. The molecule has 0 bridgehead atoms. The summed E-state index contributed by atoms with van der Waals surface area (Å²) in [6, 6.07) is 0. The summed E-state index contributed by atoms with van der Waals surface area (Å²) in [6.07, 6.45) is -5.24. The lowest BCUT2D eigenvalue weighted by molar-refractivity contribution is -0.370. The Hall–Kier alpha value is -1.32. The molecule has 0 spiro atoms. The van der Waals surface area contributed by atoms with Crippen molar-refractivity contribution in [3.8, 4) is 0 Å². The topological polar surface area (TPSA) is 60.7 Å². The molecule has 3 saturated carbocycles. The fourth-order valence-electron chi connectivity index (χ4n) is 7.00. The summed E-state index contributed by atoms with van der Waals surface area (Å²) >= 11 is 0. The summed E-state index contributed by atoms with van der Waals surface area (Å²) in [5.41, 5.74) is -2.08. The van der Waals surface area contributed by atoms with E-state index in [2.05, 4.69) is 19.6 Å². The summed E-state index contributed by atoms with van der Waals surface area (Å²) in [4.78, 5) is 0. The van der Waals surface area contributed by atoms with Gasteiger partial charge < -0.3 is 15.3 Å². The Morgan fingerprint density at radius 1 is 1.08 bits per heavy atom. The van der Waals surface area contributed by atoms with Crippen molar-refractivity contribution >= 4 is 0 Å². The number of hydrogen-bond donors (Lipinski definition) is 3. The first-order chi connectivity index (χ1) is 16.5. The molecule has 3 fully saturated rings. The predicted octanol–water partition coefficient (Wildman–Crippen LogP) is 6.79. The van der Waals surface area contributed by atoms with Crippen molar-refractivity contribution in [3.63, 3.8) is 0 Å². The lowest BCUT2D eigenvalue weighted by Gasteiger charge is -2.44. The van der Waals surface area contributed by atoms with Crippen LogP contribution in [0.3, 0.4) is 0 Å². The molecule has 3 N–H and O–H groups in total. The Morgan fingerprint density at radius 3 is 2.33 bits per heavy atom. The molecule has 6 atom stereocenters. The monoisotopic (exact) mass is 524 g/mol. The molecule has 0 radical (unpaired) electrons. The van der Waals surface area contributed by atoms with Crippen LogP contribution < -0.4 is 0 Å². The first kappa shape index (κ1) is 29.2. The SMILES string of the molecule is C=C1/C(=C\C=C2/CCC[C@]3(C)[C@@H]([C@H](C)CCCC(O)(C(F)(F)F)C(F)(F)F)CC[C@@H]23)C[C@H](O)C[C@@H]1O. The molecule has 0 aliphatic heterocycles. The third kappa shape index (κ3) is 5.58. The van der Waals surface area contributed by atoms with Crippen LogP contribution in [0.4, 0.5) is 26.3 Å². The van der Waals surface area contributed by atoms with Crippen LogP contribution in [0.15, 0.2) is 35.5 Å². The van der Waals surface area contributed by atoms with Crippen molar-refractivity contribution in [2.45, 2.75) is 108 Å². The van der Waals surface area contributed by atoms with E-state index in [0.29, 0.717) is 12.0 Å². The van der Waals surface area contributed by atoms with Gasteiger partial charge in [0.25, 0.3) is 5.60 Å². The number of halogens is 6. The average Bonchev–Trinajstić information content (AvgIpc) is 3.11. The molecule has 0 heterocycles. The summed E-state index contributed by atoms with van der Waals surface area (Å²) < 4.78 is 78.1. The van der Waals surface area contributed by atoms with Crippen LogP contribution in [-0.2, 0) is 0 Å². The van der Waals surface area contributed by atoms with E-state index >= 15 is 0 Å². The minimum Gasteiger partial charge on any atom is -0.393 e. The summed E-state index contributed by atoms with van der Waals surface area (Å²) in [6.45, 7) is 8.03. The van der Waals surface area contributed by atoms with Gasteiger partial charge in [0, 0.05) is 6.42 Å². The Balaban J connectivity index is 1.69. The third-order valence-electron chi connectivity index (χ3n) is 9.12. The largest absolute Gasteiger partial charge is 0.426 e. The van der Waals surface area contributed by atoms with Crippen molar-refractivity contribution in [3.05, 3.63) is 35.5 Å². The molecule has 0 unspecified atom stereocenters. The molecule has 9 heteroatoms. The van der Waals surface area contributed by atoms with E-state index in [0.717, 1.165) is 37.7 Å². The molecular weight excluding hydrogens is 486 g/mol. The van der Waals surface area contributed by atoms with Crippen LogP contribution in [0, 0.1) is 23.2 Å². The van der Waals surface area contributed by atoms with Crippen LogP contribution in [0.1, 0.15) is 78.1 Å². The van der Waals surface area contributed by atoms with E-state index in [9.17, 15) is 41.7 Å². The molecule has 0 saturated heterocycles. The molecule has 3 rings (SSSR count). The maximum atomic E-state index is 13.0. The molecule has 0 amide bonds. The molecule has 0 aromatic rings. The zero-order chi connectivity index (χ0) is 27.1. The zero-order valence-corrected chi connectivity index (χ0v) is 20.9. The Labute approximate surface area is 209 Å². The van der Waals surface area contributed by atoms with Crippen molar-refractivity contribution in [2.75, 3.05) is 0 Å². The van der Waals surface area contributed by atoms with Gasteiger partial charge in [-0.1, -0.05) is 44.6 Å². The fourth-order valence-corrected chi connectivity index (χ4v) is 7.00. The van der Waals surface area contributed by atoms with E-state index in [1.165, 1.54) is 5.57 Å². The number of allylic oxidation sites excluding steroid dienone is 3. The van der Waals surface area contributed by atoms with E-state index < -0.39 is 36.6 Å². The highest BCUT2D eigenvalue weighted by atomic mass is 19.4. The number of rotatable bonds is 6. The van der Waals surface area contributed by atoms with Gasteiger partial charge >= 0.3 is 12.4 Å². The number of fused-ring (bicyclic) bond motifs is 1. The predicted molar refractivity (Wildman–Crippen MR) is 125 cm³/mol. The van der Waals surface area contributed by atoms with Crippen LogP contribution in [0.25, 0.3) is 0 Å². The second-order valence-corrected chi connectivity index (χ2v) is 11.4. The highest BCUT2D eigenvalue weighted by Crippen LogP contribution is 2.60. The summed E-state index contributed by atoms with van der Waals surface area (Å²) in [7, 11) is 0. The lowest BCUT2D eigenvalue weighted by Crippen LogP contribution is -2.56. The number of aliphatic hydroxyl groups is 3. The van der Waals surface area contributed by atoms with Crippen molar-refractivity contribution in [1.29, 1.82) is 0 Å². The van der Waals surface area contributed by atoms with Gasteiger partial charge in [-0.3, -0.25) is 0 Å². The zero-order valence-electron chi connectivity index (χ0n) is 20.9. The maximum Gasteiger partial charge on any atom is 0.426 e. The van der Waals surface area contributed by atoms with E-state index in [1.54, 1.807) is 0 Å². The van der Waals surface area contributed by atoms with Gasteiger partial charge in [0.2, 0.25) is 0 Å². The number of aliphatic hydroxyl groups excluding tert-OH is 2. The van der Waals surface area contributed by atoms with Crippen molar-refractivity contribution < 1.29 is 41.7 Å². The molecule has 3 aliphatic rings. The molecule has 36 heavy (non-hydrogen) atoms. The number of hydrogen-bond acceptors (Lipinski definition) is 3. The average molecular weight is 525 g/mol. The van der Waals surface area contributed by atoms with Gasteiger partial charge in [0.15, 0.2) is 0 Å². The van der Waals surface area contributed by atoms with Crippen LogP contribution >= 0.6 is 0 Å². The Kier molecular flexibility index (Phi) is 8.48. The van der Waals surface area contributed by atoms with Gasteiger partial charge in [-0.25, -0.2) is 0 Å². The van der Waals surface area contributed by atoms with Crippen LogP contribution in [-0.4, -0.2) is 45.5 Å². The number of alkyl halides is 6. The Morgan fingerprint density at radius 2 is 1.72 bits per heavy atom. The molecular formula is C27H38F6O3. The normalized spacial score (nSPS) is 35.4. The summed E-state index contributed by atoms with van der Waals surface area (Å²) in [5, 5.41) is 29.5. The summed E-state index contributed by atoms with van der Waals surface area (Å²) in [5.74, 6) is 0.355. The van der Waals surface area contributed by atoms with E-state index in [4.69, 9.17) is 0 Å². The molecule has 3 nitrogen and oxygen atoms in total. The van der Waals surface area contributed by atoms with Gasteiger partial charge in [-0.2, -0.15) is 26.3 Å². The first-order valence-corrected chi connectivity index (χ1v) is 12.8. The Bertz CT molecular complexity index is 860. The standard InChI is InChI=1S/C27H38F6O3/c1-16(6-4-13-25(36,26(28,29)30)27(31,32)33)21-10-11-22-18(7-5-12-24(21,22)3)8-9-19-14-20(34)15-23(35)17(19)2/h8-9,16,20-23,34-36H,2,4-7,10-15H2,1,3H3/b18-8+,19-9-/t16-,20+,21-,22+,23+,24-/m1/s1. The van der Waals surface area contributed by atoms with Crippen molar-refractivity contribution in [2.24, 2.45) is 23.2 Å². The van der Waals surface area contributed by atoms with Crippen molar-refractivity contribution in [1.82, 2.24) is 0 Å².